The average molecular weight is 422 g/mol. The minimum absolute atomic E-state index is 0.301. The SMILES string of the molecule is Fc1ccc(/N=C/c2cccc3c2nnc2c(/C=N/c4ccc(F)cc4)cccc23)cc1. The van der Waals surface area contributed by atoms with E-state index in [0.29, 0.717) is 11.4 Å². The van der Waals surface area contributed by atoms with E-state index >= 15 is 0 Å². The van der Waals surface area contributed by atoms with Crippen molar-refractivity contribution in [1.82, 2.24) is 10.2 Å². The van der Waals surface area contributed by atoms with Crippen LogP contribution in [0, 0.1) is 11.6 Å². The molecule has 0 saturated carbocycles. The molecule has 0 unspecified atom stereocenters. The quantitative estimate of drug-likeness (QED) is 0.243. The lowest BCUT2D eigenvalue weighted by molar-refractivity contribution is 0.627. The van der Waals surface area contributed by atoms with Crippen LogP contribution < -0.4 is 0 Å². The van der Waals surface area contributed by atoms with E-state index in [0.717, 1.165) is 32.9 Å². The fourth-order valence-corrected chi connectivity index (χ4v) is 3.43. The summed E-state index contributed by atoms with van der Waals surface area (Å²) in [6.45, 7) is 0. The molecule has 0 saturated heterocycles. The summed E-state index contributed by atoms with van der Waals surface area (Å²) in [4.78, 5) is 8.85. The Morgan fingerprint density at radius 3 is 1.34 bits per heavy atom. The first-order chi connectivity index (χ1) is 15.7. The molecular weight excluding hydrogens is 406 g/mol. The molecule has 0 aliphatic heterocycles. The van der Waals surface area contributed by atoms with E-state index in [2.05, 4.69) is 20.2 Å². The van der Waals surface area contributed by atoms with Gasteiger partial charge in [0.2, 0.25) is 0 Å². The van der Waals surface area contributed by atoms with E-state index in [-0.39, 0.29) is 11.6 Å². The van der Waals surface area contributed by atoms with Gasteiger partial charge in [-0.05, 0) is 48.5 Å². The topological polar surface area (TPSA) is 50.5 Å². The summed E-state index contributed by atoms with van der Waals surface area (Å²) in [6, 6.07) is 23.6. The molecule has 4 aromatic carbocycles. The number of aromatic nitrogens is 2. The van der Waals surface area contributed by atoms with E-state index < -0.39 is 0 Å². The summed E-state index contributed by atoms with van der Waals surface area (Å²) in [5.41, 5.74) is 4.36. The molecule has 4 nitrogen and oxygen atoms in total. The van der Waals surface area contributed by atoms with Crippen molar-refractivity contribution in [3.8, 4) is 0 Å². The Morgan fingerprint density at radius 1 is 0.531 bits per heavy atom. The molecule has 0 amide bonds. The van der Waals surface area contributed by atoms with Crippen molar-refractivity contribution in [2.24, 2.45) is 9.98 Å². The van der Waals surface area contributed by atoms with E-state index in [1.165, 1.54) is 24.3 Å². The summed E-state index contributed by atoms with van der Waals surface area (Å²) in [5.74, 6) is -0.601. The Labute approximate surface area is 182 Å². The molecule has 0 spiro atoms. The maximum absolute atomic E-state index is 13.1. The highest BCUT2D eigenvalue weighted by molar-refractivity contribution is 6.12. The van der Waals surface area contributed by atoms with Crippen LogP contribution in [0.25, 0.3) is 21.8 Å². The first-order valence-corrected chi connectivity index (χ1v) is 9.95. The van der Waals surface area contributed by atoms with Crippen LogP contribution in [0.4, 0.5) is 20.2 Å². The zero-order valence-corrected chi connectivity index (χ0v) is 16.8. The van der Waals surface area contributed by atoms with E-state index in [9.17, 15) is 8.78 Å². The smallest absolute Gasteiger partial charge is 0.123 e. The van der Waals surface area contributed by atoms with E-state index in [1.54, 1.807) is 36.7 Å². The lowest BCUT2D eigenvalue weighted by Gasteiger charge is -2.06. The van der Waals surface area contributed by atoms with Crippen molar-refractivity contribution in [1.29, 1.82) is 0 Å². The molecule has 0 N–H and O–H groups in total. The summed E-state index contributed by atoms with van der Waals surface area (Å²) in [5, 5.41) is 10.8. The van der Waals surface area contributed by atoms with E-state index in [4.69, 9.17) is 0 Å². The number of nitrogens with zero attached hydrogens (tertiary/aromatic N) is 4. The molecule has 0 atom stereocenters. The molecule has 0 bridgehead atoms. The van der Waals surface area contributed by atoms with Gasteiger partial charge in [-0.1, -0.05) is 36.4 Å². The maximum atomic E-state index is 13.1. The third-order valence-corrected chi connectivity index (χ3v) is 5.03. The second-order valence-electron chi connectivity index (χ2n) is 7.16. The second-order valence-corrected chi connectivity index (χ2v) is 7.16. The van der Waals surface area contributed by atoms with Crippen LogP contribution in [0.5, 0.6) is 0 Å². The van der Waals surface area contributed by atoms with Crippen LogP contribution in [-0.2, 0) is 0 Å². The summed E-state index contributed by atoms with van der Waals surface area (Å²) in [7, 11) is 0. The molecule has 5 rings (SSSR count). The summed E-state index contributed by atoms with van der Waals surface area (Å²) >= 11 is 0. The number of hydrogen-bond acceptors (Lipinski definition) is 4. The molecule has 32 heavy (non-hydrogen) atoms. The van der Waals surface area contributed by atoms with Crippen LogP contribution in [0.15, 0.2) is 94.9 Å². The van der Waals surface area contributed by atoms with E-state index in [1.807, 2.05) is 36.4 Å². The highest BCUT2D eigenvalue weighted by atomic mass is 19.1. The number of rotatable bonds is 4. The molecule has 1 aromatic heterocycles. The fourth-order valence-electron chi connectivity index (χ4n) is 3.43. The molecule has 0 radical (unpaired) electrons. The summed E-state index contributed by atoms with van der Waals surface area (Å²) in [6.07, 6.45) is 3.41. The van der Waals surface area contributed by atoms with Crippen LogP contribution in [0.3, 0.4) is 0 Å². The van der Waals surface area contributed by atoms with Gasteiger partial charge < -0.3 is 0 Å². The molecule has 0 aliphatic carbocycles. The van der Waals surface area contributed by atoms with Gasteiger partial charge in [-0.15, -0.1) is 10.2 Å². The zero-order valence-electron chi connectivity index (χ0n) is 16.8. The van der Waals surface area contributed by atoms with Gasteiger partial charge in [0.1, 0.15) is 22.7 Å². The third-order valence-electron chi connectivity index (χ3n) is 5.03. The normalized spacial score (nSPS) is 11.8. The van der Waals surface area contributed by atoms with Crippen molar-refractivity contribution in [2.45, 2.75) is 0 Å². The Bertz CT molecular complexity index is 1360. The van der Waals surface area contributed by atoms with Crippen LogP contribution in [-0.4, -0.2) is 22.6 Å². The third kappa shape index (κ3) is 3.98. The Morgan fingerprint density at radius 2 is 0.938 bits per heavy atom. The van der Waals surface area contributed by atoms with Crippen LogP contribution >= 0.6 is 0 Å². The number of benzene rings is 4. The van der Waals surface area contributed by atoms with Crippen LogP contribution in [0.1, 0.15) is 11.1 Å². The zero-order chi connectivity index (χ0) is 21.9. The highest BCUT2D eigenvalue weighted by Crippen LogP contribution is 2.26. The van der Waals surface area contributed by atoms with Gasteiger partial charge in [-0.3, -0.25) is 9.98 Å². The predicted molar refractivity (Wildman–Crippen MR) is 124 cm³/mol. The lowest BCUT2D eigenvalue weighted by atomic mass is 10.0. The molecule has 154 valence electrons. The molecule has 5 aromatic rings. The maximum Gasteiger partial charge on any atom is 0.123 e. The number of halogens is 2. The number of fused-ring (bicyclic) bond motifs is 3. The van der Waals surface area contributed by atoms with Crippen molar-refractivity contribution >= 4 is 45.6 Å². The Hall–Kier alpha value is -4.32. The monoisotopic (exact) mass is 422 g/mol. The van der Waals surface area contributed by atoms with Gasteiger partial charge in [0.15, 0.2) is 0 Å². The Kier molecular flexibility index (Phi) is 5.17. The van der Waals surface area contributed by atoms with Crippen LogP contribution in [0.2, 0.25) is 0 Å². The van der Waals surface area contributed by atoms with Gasteiger partial charge in [-0.25, -0.2) is 8.78 Å². The number of hydrogen-bond donors (Lipinski definition) is 0. The van der Waals surface area contributed by atoms with Gasteiger partial charge in [0.05, 0.1) is 11.4 Å². The van der Waals surface area contributed by atoms with Gasteiger partial charge in [0.25, 0.3) is 0 Å². The minimum Gasteiger partial charge on any atom is -0.256 e. The predicted octanol–water partition coefficient (Wildman–Crippen LogP) is 6.56. The first kappa shape index (κ1) is 19.6. The Balaban J connectivity index is 1.55. The van der Waals surface area contributed by atoms with Gasteiger partial charge in [-0.2, -0.15) is 0 Å². The molecule has 0 aliphatic rings. The largest absolute Gasteiger partial charge is 0.256 e. The van der Waals surface area contributed by atoms with Crippen molar-refractivity contribution in [3.63, 3.8) is 0 Å². The van der Waals surface area contributed by atoms with Crippen molar-refractivity contribution in [2.75, 3.05) is 0 Å². The lowest BCUT2D eigenvalue weighted by Crippen LogP contribution is -1.95. The number of aliphatic imine (C=N–C) groups is 2. The average Bonchev–Trinajstić information content (AvgIpc) is 2.83. The minimum atomic E-state index is -0.301. The molecule has 1 heterocycles. The fraction of sp³-hybridized carbons (Fsp3) is 0. The highest BCUT2D eigenvalue weighted by Gasteiger charge is 2.09. The first-order valence-electron chi connectivity index (χ1n) is 9.95. The van der Waals surface area contributed by atoms with Gasteiger partial charge in [0, 0.05) is 34.3 Å². The summed E-state index contributed by atoms with van der Waals surface area (Å²) < 4.78 is 26.2. The molecular formula is C26H16F2N4. The van der Waals surface area contributed by atoms with Gasteiger partial charge >= 0.3 is 0 Å². The van der Waals surface area contributed by atoms with Crippen molar-refractivity contribution < 1.29 is 8.78 Å². The molecule has 0 fully saturated rings. The van der Waals surface area contributed by atoms with Crippen molar-refractivity contribution in [3.05, 3.63) is 108 Å². The molecule has 6 heteroatoms. The standard InChI is InChI=1S/C26H16F2N4/c27-19-7-11-21(12-8-19)29-15-17-3-1-5-23-24-6-2-4-18(26(24)32-31-25(17)23)16-30-22-13-9-20(28)10-14-22/h1-16H/b29-15+,30-16+. The second kappa shape index (κ2) is 8.43.